The van der Waals surface area contributed by atoms with Crippen LogP contribution in [0.2, 0.25) is 0 Å². The number of ether oxygens (including phenoxy) is 1. The van der Waals surface area contributed by atoms with Crippen molar-refractivity contribution in [3.63, 3.8) is 0 Å². The first-order chi connectivity index (χ1) is 11.0. The van der Waals surface area contributed by atoms with E-state index in [0.717, 1.165) is 12.1 Å². The summed E-state index contributed by atoms with van der Waals surface area (Å²) in [6.45, 7) is 2.63. The number of hydrogen-bond donors (Lipinski definition) is 0. The molecule has 0 unspecified atom stereocenters. The zero-order valence-electron chi connectivity index (χ0n) is 12.5. The summed E-state index contributed by atoms with van der Waals surface area (Å²) in [5.74, 6) is -0.974. The first-order valence-electron chi connectivity index (χ1n) is 7.16. The molecule has 8 heteroatoms. The zero-order chi connectivity index (χ0) is 16.4. The second kappa shape index (κ2) is 6.41. The van der Waals surface area contributed by atoms with Gasteiger partial charge in [-0.15, -0.1) is 0 Å². The molecule has 0 N–H and O–H groups in total. The molecule has 0 spiro atoms. The lowest BCUT2D eigenvalue weighted by Gasteiger charge is -2.33. The molecule has 2 aromatic rings. The van der Waals surface area contributed by atoms with Crippen molar-refractivity contribution in [2.24, 2.45) is 0 Å². The van der Waals surface area contributed by atoms with Gasteiger partial charge in [0.2, 0.25) is 5.91 Å². The van der Waals surface area contributed by atoms with Crippen LogP contribution in [0.25, 0.3) is 0 Å². The Hall–Kier alpha value is -2.35. The van der Waals surface area contributed by atoms with Gasteiger partial charge in [0.05, 0.1) is 19.6 Å². The van der Waals surface area contributed by atoms with Crippen LogP contribution in [0.15, 0.2) is 22.7 Å². The first-order valence-corrected chi connectivity index (χ1v) is 7.16. The summed E-state index contributed by atoms with van der Waals surface area (Å²) in [4.78, 5) is 18.2. The highest BCUT2D eigenvalue weighted by Gasteiger charge is 2.32. The Morgan fingerprint density at radius 1 is 1.43 bits per heavy atom. The molecule has 0 aliphatic carbocycles. The van der Waals surface area contributed by atoms with Gasteiger partial charge in [-0.25, -0.2) is 8.78 Å². The fraction of sp³-hybridized carbons (Fsp3) is 0.400. The van der Waals surface area contributed by atoms with Crippen molar-refractivity contribution in [2.45, 2.75) is 19.4 Å². The van der Waals surface area contributed by atoms with Crippen LogP contribution in [-0.4, -0.2) is 40.7 Å². The summed E-state index contributed by atoms with van der Waals surface area (Å²) in [5.41, 5.74) is 0.142. The third kappa shape index (κ3) is 3.37. The Bertz CT molecular complexity index is 720. The lowest BCUT2D eigenvalue weighted by molar-refractivity contribution is -0.140. The van der Waals surface area contributed by atoms with Gasteiger partial charge in [-0.1, -0.05) is 11.2 Å². The zero-order valence-corrected chi connectivity index (χ0v) is 12.5. The monoisotopic (exact) mass is 323 g/mol. The molecule has 0 bridgehead atoms. The van der Waals surface area contributed by atoms with Crippen LogP contribution in [0.1, 0.15) is 23.3 Å². The number of hydrogen-bond acceptors (Lipinski definition) is 5. The molecule has 1 atom stereocenters. The van der Waals surface area contributed by atoms with E-state index in [-0.39, 0.29) is 30.4 Å². The molecule has 1 amide bonds. The van der Waals surface area contributed by atoms with Gasteiger partial charge in [-0.3, -0.25) is 4.79 Å². The van der Waals surface area contributed by atoms with E-state index in [0.29, 0.717) is 19.0 Å². The molecule has 0 radical (unpaired) electrons. The quantitative estimate of drug-likeness (QED) is 0.861. The van der Waals surface area contributed by atoms with Crippen LogP contribution >= 0.6 is 0 Å². The van der Waals surface area contributed by atoms with Crippen molar-refractivity contribution in [1.29, 1.82) is 0 Å². The lowest BCUT2D eigenvalue weighted by atomic mass is 10.1. The lowest BCUT2D eigenvalue weighted by Crippen LogP contribution is -2.44. The average molecular weight is 323 g/mol. The summed E-state index contributed by atoms with van der Waals surface area (Å²) in [6, 6.07) is 2.67. The summed E-state index contributed by atoms with van der Waals surface area (Å²) in [5, 5.41) is 3.71. The van der Waals surface area contributed by atoms with Gasteiger partial charge in [0.25, 0.3) is 5.89 Å². The summed E-state index contributed by atoms with van der Waals surface area (Å²) >= 11 is 0. The van der Waals surface area contributed by atoms with Crippen molar-refractivity contribution < 1.29 is 22.8 Å². The van der Waals surface area contributed by atoms with Gasteiger partial charge in [0.15, 0.2) is 5.82 Å². The minimum Gasteiger partial charge on any atom is -0.377 e. The highest BCUT2D eigenvalue weighted by molar-refractivity contribution is 5.79. The molecule has 3 rings (SSSR count). The summed E-state index contributed by atoms with van der Waals surface area (Å²) in [7, 11) is 0. The number of amides is 1. The predicted molar refractivity (Wildman–Crippen MR) is 74.4 cm³/mol. The van der Waals surface area contributed by atoms with Gasteiger partial charge in [-0.2, -0.15) is 4.98 Å². The largest absolute Gasteiger partial charge is 0.377 e. The van der Waals surface area contributed by atoms with Crippen molar-refractivity contribution >= 4 is 5.91 Å². The minimum atomic E-state index is -0.739. The number of benzene rings is 1. The fourth-order valence-electron chi connectivity index (χ4n) is 2.48. The average Bonchev–Trinajstić information content (AvgIpc) is 2.96. The topological polar surface area (TPSA) is 68.5 Å². The number of nitrogens with zero attached hydrogens (tertiary/aromatic N) is 3. The van der Waals surface area contributed by atoms with E-state index in [9.17, 15) is 13.6 Å². The fourth-order valence-corrected chi connectivity index (χ4v) is 2.48. The number of halogens is 2. The van der Waals surface area contributed by atoms with Crippen molar-refractivity contribution in [3.05, 3.63) is 47.1 Å². The third-order valence-electron chi connectivity index (χ3n) is 3.63. The van der Waals surface area contributed by atoms with Crippen LogP contribution in [0.5, 0.6) is 0 Å². The highest BCUT2D eigenvalue weighted by atomic mass is 19.1. The second-order valence-corrected chi connectivity index (χ2v) is 5.27. The molecule has 1 aliphatic rings. The van der Waals surface area contributed by atoms with E-state index in [1.165, 1.54) is 11.0 Å². The number of aryl methyl sites for hydroxylation is 1. The number of carbonyl (C=O) groups is 1. The van der Waals surface area contributed by atoms with Gasteiger partial charge >= 0.3 is 0 Å². The Morgan fingerprint density at radius 3 is 2.96 bits per heavy atom. The van der Waals surface area contributed by atoms with Gasteiger partial charge in [-0.05, 0) is 18.6 Å². The standard InChI is InChI=1S/C15H15F2N3O3/c1-9-18-15(23-19-9)13-8-22-5-4-20(13)14(21)6-10-2-3-11(16)7-12(10)17/h2-3,7,13H,4-6,8H2,1H3/t13-/m1/s1. The normalized spacial score (nSPS) is 18.2. The van der Waals surface area contributed by atoms with E-state index >= 15 is 0 Å². The van der Waals surface area contributed by atoms with Gasteiger partial charge in [0, 0.05) is 12.6 Å². The molecule has 1 aliphatic heterocycles. The molecule has 23 heavy (non-hydrogen) atoms. The SMILES string of the molecule is Cc1noc([C@H]2COCCN2C(=O)Cc2ccc(F)cc2F)n1. The molecular weight excluding hydrogens is 308 g/mol. The smallest absolute Gasteiger partial charge is 0.251 e. The van der Waals surface area contributed by atoms with Gasteiger partial charge in [0.1, 0.15) is 17.7 Å². The molecule has 1 aromatic heterocycles. The number of carbonyl (C=O) groups excluding carboxylic acids is 1. The molecule has 122 valence electrons. The highest BCUT2D eigenvalue weighted by Crippen LogP contribution is 2.24. The number of rotatable bonds is 3. The Kier molecular flexibility index (Phi) is 4.33. The first kappa shape index (κ1) is 15.5. The van der Waals surface area contributed by atoms with E-state index in [1.807, 2.05) is 0 Å². The molecular formula is C15H15F2N3O3. The van der Waals surface area contributed by atoms with Crippen molar-refractivity contribution in [1.82, 2.24) is 15.0 Å². The van der Waals surface area contributed by atoms with E-state index in [4.69, 9.17) is 9.26 Å². The van der Waals surface area contributed by atoms with Gasteiger partial charge < -0.3 is 14.2 Å². The maximum absolute atomic E-state index is 13.7. The van der Waals surface area contributed by atoms with Crippen molar-refractivity contribution in [2.75, 3.05) is 19.8 Å². The molecule has 2 heterocycles. The van der Waals surface area contributed by atoms with Crippen LogP contribution in [0.3, 0.4) is 0 Å². The summed E-state index contributed by atoms with van der Waals surface area (Å²) < 4.78 is 37.2. The summed E-state index contributed by atoms with van der Waals surface area (Å²) in [6.07, 6.45) is -0.171. The number of aromatic nitrogens is 2. The maximum atomic E-state index is 13.7. The number of morpholine rings is 1. The second-order valence-electron chi connectivity index (χ2n) is 5.27. The molecule has 1 aromatic carbocycles. The third-order valence-corrected chi connectivity index (χ3v) is 3.63. The van der Waals surface area contributed by atoms with Crippen LogP contribution in [-0.2, 0) is 16.0 Å². The predicted octanol–water partition coefficient (Wildman–Crippen LogP) is 1.80. The van der Waals surface area contributed by atoms with E-state index < -0.39 is 17.7 Å². The van der Waals surface area contributed by atoms with Crippen LogP contribution < -0.4 is 0 Å². The Balaban J connectivity index is 1.78. The molecule has 1 saturated heterocycles. The molecule has 1 fully saturated rings. The van der Waals surface area contributed by atoms with Crippen molar-refractivity contribution in [3.8, 4) is 0 Å². The molecule has 0 saturated carbocycles. The van der Waals surface area contributed by atoms with E-state index in [1.54, 1.807) is 6.92 Å². The molecule has 6 nitrogen and oxygen atoms in total. The Labute approximate surface area is 131 Å². The van der Waals surface area contributed by atoms with E-state index in [2.05, 4.69) is 10.1 Å². The maximum Gasteiger partial charge on any atom is 0.251 e. The minimum absolute atomic E-state index is 0.142. The Morgan fingerprint density at radius 2 is 2.26 bits per heavy atom. The van der Waals surface area contributed by atoms with Crippen LogP contribution in [0.4, 0.5) is 8.78 Å². The van der Waals surface area contributed by atoms with Crippen LogP contribution in [0, 0.1) is 18.6 Å².